The Bertz CT molecular complexity index is 1610. The molecule has 9 heteroatoms. The molecule has 1 aromatic heterocycles. The predicted octanol–water partition coefficient (Wildman–Crippen LogP) is 7.67. The van der Waals surface area contributed by atoms with E-state index in [1.54, 1.807) is 23.6 Å². The van der Waals surface area contributed by atoms with Gasteiger partial charge in [-0.1, -0.05) is 36.4 Å². The third-order valence-electron chi connectivity index (χ3n) is 7.73. The number of thiazole rings is 1. The molecule has 1 heterocycles. The first-order chi connectivity index (χ1) is 19.8. The molecule has 2 N–H and O–H groups in total. The van der Waals surface area contributed by atoms with E-state index in [4.69, 9.17) is 9.72 Å². The molecule has 0 aliphatic heterocycles. The molecular weight excluding hydrogens is 567 g/mol. The van der Waals surface area contributed by atoms with Crippen LogP contribution in [0.2, 0.25) is 0 Å². The van der Waals surface area contributed by atoms with E-state index in [1.807, 2.05) is 46.8 Å². The Morgan fingerprint density at radius 1 is 1.02 bits per heavy atom. The topological polar surface area (TPSA) is 97.4 Å². The van der Waals surface area contributed by atoms with E-state index < -0.39 is 15.6 Å². The van der Waals surface area contributed by atoms with E-state index in [1.165, 1.54) is 16.7 Å². The predicted molar refractivity (Wildman–Crippen MR) is 170 cm³/mol. The third kappa shape index (κ3) is 6.96. The van der Waals surface area contributed by atoms with E-state index in [2.05, 4.69) is 41.2 Å². The second kappa shape index (κ2) is 11.9. The molecule has 1 amide bonds. The highest BCUT2D eigenvalue weighted by atomic mass is 32.2. The van der Waals surface area contributed by atoms with Crippen LogP contribution < -0.4 is 10.0 Å². The fourth-order valence-electron chi connectivity index (χ4n) is 5.79. The second-order valence-corrected chi connectivity index (χ2v) is 15.5. The molecule has 1 saturated carbocycles. The Morgan fingerprint density at radius 2 is 1.69 bits per heavy atom. The first-order valence-electron chi connectivity index (χ1n) is 14.7. The number of aromatic nitrogens is 1. The smallest absolute Gasteiger partial charge is 0.407 e. The van der Waals surface area contributed by atoms with E-state index in [9.17, 15) is 13.2 Å². The minimum atomic E-state index is -3.82. The quantitative estimate of drug-likeness (QED) is 0.287. The number of rotatable bonds is 7. The molecule has 0 unspecified atom stereocenters. The normalized spacial score (nSPS) is 19.0. The van der Waals surface area contributed by atoms with Crippen molar-refractivity contribution in [2.24, 2.45) is 0 Å². The van der Waals surface area contributed by atoms with Gasteiger partial charge in [0.2, 0.25) is 10.0 Å². The van der Waals surface area contributed by atoms with Gasteiger partial charge in [0.05, 0.1) is 20.9 Å². The standard InChI is InChI=1S/C33H41N3O4S2/c1-20(2)40-32(37)35-26-13-9-22(10-14-26)31-34-19-29(41-31)28-16-12-24(18-30(28)42(38,39)36-33(4,5)6)23-11-15-27-21(3)7-8-25(27)17-23/h7,11-12,15-20,22,26,36H,8-10,13-14H2,1-6H3,(H,35,37). The minimum Gasteiger partial charge on any atom is -0.447 e. The van der Waals surface area contributed by atoms with Crippen LogP contribution in [0, 0.1) is 0 Å². The van der Waals surface area contributed by atoms with Crippen molar-refractivity contribution in [3.63, 3.8) is 0 Å². The summed E-state index contributed by atoms with van der Waals surface area (Å²) in [6.07, 6.45) is 7.94. The molecule has 42 heavy (non-hydrogen) atoms. The van der Waals surface area contributed by atoms with Gasteiger partial charge in [-0.05, 0) is 108 Å². The van der Waals surface area contributed by atoms with Crippen molar-refractivity contribution in [1.29, 1.82) is 0 Å². The van der Waals surface area contributed by atoms with Gasteiger partial charge in [0, 0.05) is 29.3 Å². The Hall–Kier alpha value is -3.01. The summed E-state index contributed by atoms with van der Waals surface area (Å²) >= 11 is 1.56. The number of hydrogen-bond acceptors (Lipinski definition) is 6. The number of sulfonamides is 1. The SMILES string of the molecule is CC1=CCc2cc(-c3ccc(-c4cnc(C5CCC(NC(=O)OC(C)C)CC5)s4)c(S(=O)(=O)NC(C)(C)C)c3)ccc21. The van der Waals surface area contributed by atoms with Crippen LogP contribution in [0.3, 0.4) is 0 Å². The number of allylic oxidation sites excluding steroid dienone is 2. The molecule has 7 nitrogen and oxygen atoms in total. The maximum Gasteiger partial charge on any atom is 0.407 e. The first kappa shape index (κ1) is 30.4. The maximum absolute atomic E-state index is 13.8. The number of benzene rings is 2. The van der Waals surface area contributed by atoms with Crippen molar-refractivity contribution in [2.45, 2.75) is 102 Å². The van der Waals surface area contributed by atoms with Crippen molar-refractivity contribution in [1.82, 2.24) is 15.0 Å². The zero-order chi connectivity index (χ0) is 30.2. The molecule has 5 rings (SSSR count). The summed E-state index contributed by atoms with van der Waals surface area (Å²) in [5.41, 5.74) is 5.70. The highest BCUT2D eigenvalue weighted by Crippen LogP contribution is 2.41. The van der Waals surface area contributed by atoms with Gasteiger partial charge in [-0.2, -0.15) is 0 Å². The van der Waals surface area contributed by atoms with Gasteiger partial charge in [0.1, 0.15) is 0 Å². The van der Waals surface area contributed by atoms with Crippen LogP contribution in [0.4, 0.5) is 4.79 Å². The van der Waals surface area contributed by atoms with Crippen LogP contribution in [0.1, 0.15) is 89.3 Å². The largest absolute Gasteiger partial charge is 0.447 e. The number of ether oxygens (including phenoxy) is 1. The minimum absolute atomic E-state index is 0.0959. The van der Waals surface area contributed by atoms with Crippen molar-refractivity contribution < 1.29 is 17.9 Å². The van der Waals surface area contributed by atoms with Gasteiger partial charge < -0.3 is 10.1 Å². The van der Waals surface area contributed by atoms with E-state index >= 15 is 0 Å². The van der Waals surface area contributed by atoms with Crippen LogP contribution in [-0.4, -0.2) is 37.2 Å². The number of nitrogens with zero attached hydrogens (tertiary/aromatic N) is 1. The summed E-state index contributed by atoms with van der Waals surface area (Å²) in [6.45, 7) is 11.4. The van der Waals surface area contributed by atoms with Gasteiger partial charge in [0.25, 0.3) is 0 Å². The molecule has 1 fully saturated rings. The monoisotopic (exact) mass is 607 g/mol. The molecule has 0 bridgehead atoms. The summed E-state index contributed by atoms with van der Waals surface area (Å²) in [7, 11) is -3.82. The van der Waals surface area contributed by atoms with Crippen LogP contribution in [0.5, 0.6) is 0 Å². The Balaban J connectivity index is 1.41. The number of carbonyl (C=O) groups excluding carboxylic acids is 1. The zero-order valence-electron chi connectivity index (χ0n) is 25.3. The number of hydrogen-bond donors (Lipinski definition) is 2. The number of alkyl carbamates (subject to hydrolysis) is 1. The van der Waals surface area contributed by atoms with Gasteiger partial charge in [-0.25, -0.2) is 22.9 Å². The lowest BCUT2D eigenvalue weighted by atomic mass is 9.86. The molecule has 2 aliphatic carbocycles. The molecule has 3 aromatic rings. The fourth-order valence-corrected chi connectivity index (χ4v) is 8.64. The molecule has 2 aliphatic rings. The Labute approximate surface area is 253 Å². The van der Waals surface area contributed by atoms with E-state index in [0.29, 0.717) is 5.56 Å². The number of carbonyl (C=O) groups is 1. The lowest BCUT2D eigenvalue weighted by Gasteiger charge is -2.28. The van der Waals surface area contributed by atoms with Gasteiger partial charge >= 0.3 is 6.09 Å². The van der Waals surface area contributed by atoms with Crippen molar-refractivity contribution >= 4 is 33.0 Å². The maximum atomic E-state index is 13.8. The van der Waals surface area contributed by atoms with Gasteiger partial charge in [0.15, 0.2) is 0 Å². The summed E-state index contributed by atoms with van der Waals surface area (Å²) in [4.78, 5) is 17.9. The zero-order valence-corrected chi connectivity index (χ0v) is 26.9. The molecule has 0 saturated heterocycles. The highest BCUT2D eigenvalue weighted by molar-refractivity contribution is 7.89. The van der Waals surface area contributed by atoms with Crippen LogP contribution in [0.15, 0.2) is 53.6 Å². The summed E-state index contributed by atoms with van der Waals surface area (Å²) in [6, 6.07) is 12.2. The molecule has 224 valence electrons. The second-order valence-electron chi connectivity index (χ2n) is 12.7. The average molecular weight is 608 g/mol. The van der Waals surface area contributed by atoms with Crippen LogP contribution in [0.25, 0.3) is 27.1 Å². The lowest BCUT2D eigenvalue weighted by Crippen LogP contribution is -2.40. The molecule has 0 atom stereocenters. The Kier molecular flexibility index (Phi) is 8.65. The molecule has 2 aromatic carbocycles. The van der Waals surface area contributed by atoms with Crippen molar-refractivity contribution in [3.8, 4) is 21.6 Å². The van der Waals surface area contributed by atoms with Crippen molar-refractivity contribution in [3.05, 3.63) is 64.8 Å². The first-order valence-corrected chi connectivity index (χ1v) is 17.0. The lowest BCUT2D eigenvalue weighted by molar-refractivity contribution is 0.109. The molecule has 0 radical (unpaired) electrons. The van der Waals surface area contributed by atoms with Gasteiger partial charge in [-0.15, -0.1) is 11.3 Å². The number of fused-ring (bicyclic) bond motifs is 1. The van der Waals surface area contributed by atoms with Crippen LogP contribution >= 0.6 is 11.3 Å². The number of amides is 1. The van der Waals surface area contributed by atoms with Gasteiger partial charge in [-0.3, -0.25) is 0 Å². The average Bonchev–Trinajstić information content (AvgIpc) is 3.54. The van der Waals surface area contributed by atoms with Crippen molar-refractivity contribution in [2.75, 3.05) is 0 Å². The fraction of sp³-hybridized carbons (Fsp3) is 0.455. The highest BCUT2D eigenvalue weighted by Gasteiger charge is 2.29. The summed E-state index contributed by atoms with van der Waals surface area (Å²) in [5, 5.41) is 3.98. The molecular formula is C33H41N3O4S2. The third-order valence-corrected chi connectivity index (χ3v) is 10.7. The summed E-state index contributed by atoms with van der Waals surface area (Å²) < 4.78 is 35.6. The number of nitrogens with one attached hydrogen (secondary N) is 2. The van der Waals surface area contributed by atoms with Crippen LogP contribution in [-0.2, 0) is 21.2 Å². The van der Waals surface area contributed by atoms with E-state index in [-0.39, 0.29) is 29.1 Å². The van der Waals surface area contributed by atoms with E-state index in [0.717, 1.165) is 53.1 Å². The Morgan fingerprint density at radius 3 is 2.36 bits per heavy atom. The summed E-state index contributed by atoms with van der Waals surface area (Å²) in [5.74, 6) is 0.276. The molecule has 0 spiro atoms.